The van der Waals surface area contributed by atoms with Crippen molar-refractivity contribution >= 4 is 17.4 Å². The molecule has 1 unspecified atom stereocenters. The fraction of sp³-hybridized carbons (Fsp3) is 0.407. The number of benzene rings is 2. The lowest BCUT2D eigenvalue weighted by molar-refractivity contribution is -0.140. The van der Waals surface area contributed by atoms with E-state index in [9.17, 15) is 14.7 Å². The maximum Gasteiger partial charge on any atom is 0.295 e. The lowest BCUT2D eigenvalue weighted by Gasteiger charge is -2.27. The first-order chi connectivity index (χ1) is 16.1. The molecule has 1 saturated heterocycles. The molecule has 2 aromatic rings. The smallest absolute Gasteiger partial charge is 0.295 e. The molecule has 1 fully saturated rings. The number of aryl methyl sites for hydroxylation is 1. The number of Topliss-reactive ketones (excluding diaryl/α,β-unsaturated/α-hetero) is 1. The van der Waals surface area contributed by atoms with Gasteiger partial charge in [-0.2, -0.15) is 0 Å². The number of ketones is 1. The molecule has 34 heavy (non-hydrogen) atoms. The molecule has 1 amide bonds. The van der Waals surface area contributed by atoms with Crippen LogP contribution in [0.5, 0.6) is 11.5 Å². The quantitative estimate of drug-likeness (QED) is 0.406. The number of carbonyl (C=O) groups excluding carboxylic acids is 2. The molecule has 2 aliphatic heterocycles. The second-order valence-electron chi connectivity index (χ2n) is 9.67. The highest BCUT2D eigenvalue weighted by Crippen LogP contribution is 2.43. The third kappa shape index (κ3) is 4.28. The van der Waals surface area contributed by atoms with Crippen molar-refractivity contribution in [1.29, 1.82) is 0 Å². The molecule has 2 aliphatic rings. The van der Waals surface area contributed by atoms with Crippen molar-refractivity contribution in [3.8, 4) is 11.5 Å². The van der Waals surface area contributed by atoms with Crippen molar-refractivity contribution in [2.45, 2.75) is 39.2 Å². The van der Waals surface area contributed by atoms with E-state index in [2.05, 4.69) is 20.8 Å². The van der Waals surface area contributed by atoms with Crippen molar-refractivity contribution in [2.24, 2.45) is 0 Å². The molecule has 1 atom stereocenters. The topological polar surface area (TPSA) is 85.3 Å². The first-order valence-electron chi connectivity index (χ1n) is 11.4. The first kappa shape index (κ1) is 23.8. The molecule has 4 rings (SSSR count). The predicted molar refractivity (Wildman–Crippen MR) is 128 cm³/mol. The van der Waals surface area contributed by atoms with Gasteiger partial charge >= 0.3 is 0 Å². The van der Waals surface area contributed by atoms with Crippen molar-refractivity contribution in [3.63, 3.8) is 0 Å². The minimum absolute atomic E-state index is 0.0620. The third-order valence-corrected chi connectivity index (χ3v) is 6.32. The number of ether oxygens (including phenoxy) is 3. The van der Waals surface area contributed by atoms with Crippen LogP contribution in [0.2, 0.25) is 0 Å². The average molecular weight is 466 g/mol. The van der Waals surface area contributed by atoms with Crippen molar-refractivity contribution in [1.82, 2.24) is 4.90 Å². The number of hydrogen-bond acceptors (Lipinski definition) is 6. The van der Waals surface area contributed by atoms with Crippen LogP contribution in [0.4, 0.5) is 0 Å². The number of aliphatic hydroxyl groups is 1. The summed E-state index contributed by atoms with van der Waals surface area (Å²) in [7, 11) is 1.54. The van der Waals surface area contributed by atoms with Crippen LogP contribution in [0.25, 0.3) is 5.76 Å². The van der Waals surface area contributed by atoms with Crippen LogP contribution in [0.3, 0.4) is 0 Å². The highest BCUT2D eigenvalue weighted by Gasteiger charge is 2.46. The van der Waals surface area contributed by atoms with Gasteiger partial charge in [0.2, 0.25) is 0 Å². The van der Waals surface area contributed by atoms with E-state index in [1.165, 1.54) is 12.0 Å². The van der Waals surface area contributed by atoms with E-state index in [0.717, 1.165) is 11.1 Å². The number of amides is 1. The van der Waals surface area contributed by atoms with Crippen LogP contribution < -0.4 is 9.47 Å². The molecule has 0 bridgehead atoms. The van der Waals surface area contributed by atoms with Crippen molar-refractivity contribution < 1.29 is 28.9 Å². The van der Waals surface area contributed by atoms with Gasteiger partial charge in [0.05, 0.1) is 18.2 Å². The molecule has 2 heterocycles. The molecule has 1 N–H and O–H groups in total. The summed E-state index contributed by atoms with van der Waals surface area (Å²) in [6, 6.07) is 10.4. The Hall–Kier alpha value is -3.32. The number of fused-ring (bicyclic) bond motifs is 1. The maximum atomic E-state index is 13.3. The number of likely N-dealkylation sites (tertiary alicyclic amines) is 1. The highest BCUT2D eigenvalue weighted by molar-refractivity contribution is 6.46. The summed E-state index contributed by atoms with van der Waals surface area (Å²) >= 11 is 0. The molecule has 0 spiro atoms. The minimum Gasteiger partial charge on any atom is -0.507 e. The zero-order valence-corrected chi connectivity index (χ0v) is 20.3. The summed E-state index contributed by atoms with van der Waals surface area (Å²) in [6.07, 6.45) is 0. The fourth-order valence-electron chi connectivity index (χ4n) is 4.37. The van der Waals surface area contributed by atoms with Crippen LogP contribution in [-0.4, -0.2) is 55.2 Å². The molecule has 0 aliphatic carbocycles. The van der Waals surface area contributed by atoms with Gasteiger partial charge in [0.15, 0.2) is 11.5 Å². The monoisotopic (exact) mass is 465 g/mol. The third-order valence-electron chi connectivity index (χ3n) is 6.32. The standard InChI is InChI=1S/C27H31NO6/c1-16-6-8-18(27(2,3)4)15-19(16)24(29)22-23(28(10-11-32-5)26(31)25(22)30)17-7-9-20-21(14-17)34-13-12-33-20/h6-9,14-15,23,29H,10-13H2,1-5H3/b24-22+. The average Bonchev–Trinajstić information content (AvgIpc) is 3.06. The Balaban J connectivity index is 1.89. The molecular weight excluding hydrogens is 434 g/mol. The summed E-state index contributed by atoms with van der Waals surface area (Å²) in [6.45, 7) is 9.47. The number of aliphatic hydroxyl groups excluding tert-OH is 1. The van der Waals surface area contributed by atoms with Gasteiger partial charge in [-0.3, -0.25) is 9.59 Å². The lowest BCUT2D eigenvalue weighted by Crippen LogP contribution is -2.32. The van der Waals surface area contributed by atoms with Gasteiger partial charge in [-0.1, -0.05) is 39.0 Å². The number of hydrogen-bond donors (Lipinski definition) is 1. The van der Waals surface area contributed by atoms with Crippen LogP contribution in [0.15, 0.2) is 42.0 Å². The second kappa shape index (κ2) is 9.14. The number of rotatable bonds is 5. The molecule has 7 heteroatoms. The number of methoxy groups -OCH3 is 1. The summed E-state index contributed by atoms with van der Waals surface area (Å²) in [5.41, 5.74) is 2.94. The van der Waals surface area contributed by atoms with E-state index in [1.807, 2.05) is 25.1 Å². The Morgan fingerprint density at radius 1 is 1.09 bits per heavy atom. The molecule has 180 valence electrons. The SMILES string of the molecule is COCCN1C(=O)C(=O)/C(=C(/O)c2cc(C(C)(C)C)ccc2C)C1c1ccc2c(c1)OCCO2. The van der Waals surface area contributed by atoms with E-state index >= 15 is 0 Å². The van der Waals surface area contributed by atoms with Crippen LogP contribution in [0, 0.1) is 6.92 Å². The molecule has 0 saturated carbocycles. The Kier molecular flexibility index (Phi) is 6.41. The van der Waals surface area contributed by atoms with E-state index in [4.69, 9.17) is 14.2 Å². The maximum absolute atomic E-state index is 13.3. The van der Waals surface area contributed by atoms with Crippen LogP contribution in [0.1, 0.15) is 49.1 Å². The first-order valence-corrected chi connectivity index (χ1v) is 11.4. The number of nitrogens with zero attached hydrogens (tertiary/aromatic N) is 1. The van der Waals surface area contributed by atoms with Crippen LogP contribution in [-0.2, 0) is 19.7 Å². The summed E-state index contributed by atoms with van der Waals surface area (Å²) < 4.78 is 16.5. The van der Waals surface area contributed by atoms with Crippen molar-refractivity contribution in [3.05, 3.63) is 64.2 Å². The highest BCUT2D eigenvalue weighted by atomic mass is 16.6. The Labute approximate surface area is 199 Å². The normalized spacial score (nSPS) is 19.6. The van der Waals surface area contributed by atoms with E-state index in [0.29, 0.717) is 35.8 Å². The Morgan fingerprint density at radius 3 is 2.47 bits per heavy atom. The second-order valence-corrected chi connectivity index (χ2v) is 9.67. The molecule has 0 radical (unpaired) electrons. The van der Waals surface area contributed by atoms with Gasteiger partial charge in [-0.05, 0) is 47.2 Å². The van der Waals surface area contributed by atoms with Gasteiger partial charge in [-0.15, -0.1) is 0 Å². The zero-order chi connectivity index (χ0) is 24.6. The van der Waals surface area contributed by atoms with Crippen molar-refractivity contribution in [2.75, 3.05) is 33.5 Å². The molecular formula is C27H31NO6. The van der Waals surface area contributed by atoms with Gasteiger partial charge in [-0.25, -0.2) is 0 Å². The van der Waals surface area contributed by atoms with Gasteiger partial charge in [0, 0.05) is 19.2 Å². The number of carbonyl (C=O) groups is 2. The van der Waals surface area contributed by atoms with E-state index in [-0.39, 0.29) is 29.9 Å². The van der Waals surface area contributed by atoms with Gasteiger partial charge in [0.25, 0.3) is 11.7 Å². The fourth-order valence-corrected chi connectivity index (χ4v) is 4.37. The van der Waals surface area contributed by atoms with E-state index < -0.39 is 17.7 Å². The molecule has 0 aromatic heterocycles. The van der Waals surface area contributed by atoms with Gasteiger partial charge in [0.1, 0.15) is 19.0 Å². The summed E-state index contributed by atoms with van der Waals surface area (Å²) in [5, 5.41) is 11.5. The predicted octanol–water partition coefficient (Wildman–Crippen LogP) is 4.13. The van der Waals surface area contributed by atoms with Gasteiger partial charge < -0.3 is 24.2 Å². The van der Waals surface area contributed by atoms with E-state index in [1.54, 1.807) is 18.2 Å². The van der Waals surface area contributed by atoms with Crippen LogP contribution >= 0.6 is 0 Å². The summed E-state index contributed by atoms with van der Waals surface area (Å²) in [4.78, 5) is 27.8. The summed E-state index contributed by atoms with van der Waals surface area (Å²) in [5.74, 6) is -0.400. The molecule has 2 aromatic carbocycles. The Bertz CT molecular complexity index is 1160. The molecule has 7 nitrogen and oxygen atoms in total. The largest absolute Gasteiger partial charge is 0.507 e. The lowest BCUT2D eigenvalue weighted by atomic mass is 9.84. The minimum atomic E-state index is -0.774. The zero-order valence-electron chi connectivity index (χ0n) is 20.3. The Morgan fingerprint density at radius 2 is 1.79 bits per heavy atom.